The molecule has 0 bridgehead atoms. The summed E-state index contributed by atoms with van der Waals surface area (Å²) in [6.45, 7) is 3.91. The Balaban J connectivity index is 1.24. The molecule has 4 heterocycles. The summed E-state index contributed by atoms with van der Waals surface area (Å²) in [7, 11) is 0. The molecule has 12 heteroatoms. The second-order valence-electron chi connectivity index (χ2n) is 14.1. The first-order valence-corrected chi connectivity index (χ1v) is 16.8. The van der Waals surface area contributed by atoms with Crippen molar-refractivity contribution in [2.45, 2.75) is 103 Å². The highest BCUT2D eigenvalue weighted by Crippen LogP contribution is 2.53. The minimum atomic E-state index is -1.18. The Morgan fingerprint density at radius 3 is 2.73 bits per heavy atom. The van der Waals surface area contributed by atoms with Crippen LogP contribution in [-0.2, 0) is 40.4 Å². The van der Waals surface area contributed by atoms with Gasteiger partial charge in [-0.3, -0.25) is 14.4 Å². The summed E-state index contributed by atoms with van der Waals surface area (Å²) < 4.78 is 24.0. The van der Waals surface area contributed by atoms with Gasteiger partial charge < -0.3 is 19.6 Å². The molecule has 45 heavy (non-hydrogen) atoms. The molecule has 0 radical (unpaired) electrons. The lowest BCUT2D eigenvalue weighted by atomic mass is 9.66. The number of carboxylic acid groups (broad SMARTS) is 1. The smallest absolute Gasteiger partial charge is 0.310 e. The number of amides is 2. The second-order valence-corrected chi connectivity index (χ2v) is 14.5. The van der Waals surface area contributed by atoms with Gasteiger partial charge in [-0.25, -0.2) is 9.07 Å². The summed E-state index contributed by atoms with van der Waals surface area (Å²) >= 11 is 6.67. The zero-order valence-corrected chi connectivity index (χ0v) is 26.6. The van der Waals surface area contributed by atoms with Crippen LogP contribution in [0.25, 0.3) is 0 Å². The normalized spacial score (nSPS) is 27.0. The first-order chi connectivity index (χ1) is 21.6. The van der Waals surface area contributed by atoms with Gasteiger partial charge in [0, 0.05) is 43.2 Å². The maximum Gasteiger partial charge on any atom is 0.310 e. The van der Waals surface area contributed by atoms with Crippen LogP contribution in [0.1, 0.15) is 99.7 Å². The zero-order chi connectivity index (χ0) is 31.5. The lowest BCUT2D eigenvalue weighted by molar-refractivity contribution is -0.162. The molecule has 3 atom stereocenters. The minimum absolute atomic E-state index is 0.0217. The van der Waals surface area contributed by atoms with E-state index in [1.807, 2.05) is 9.58 Å². The van der Waals surface area contributed by atoms with Crippen LogP contribution in [0.5, 0.6) is 5.75 Å². The van der Waals surface area contributed by atoms with Crippen molar-refractivity contribution in [1.29, 1.82) is 0 Å². The Hall–Kier alpha value is -3.21. The number of carbonyl (C=O) groups is 3. The maximum atomic E-state index is 15.9. The average molecular weight is 642 g/mol. The van der Waals surface area contributed by atoms with Gasteiger partial charge in [-0.05, 0) is 81.8 Å². The second kappa shape index (κ2) is 11.5. The molecule has 0 unspecified atom stereocenters. The highest BCUT2D eigenvalue weighted by molar-refractivity contribution is 6.31. The summed E-state index contributed by atoms with van der Waals surface area (Å²) in [5, 5.41) is 19.1. The van der Waals surface area contributed by atoms with E-state index in [-0.39, 0.29) is 34.6 Å². The Bertz CT molecular complexity index is 1540. The molecule has 1 spiro atoms. The number of aromatic nitrogens is 3. The van der Waals surface area contributed by atoms with E-state index in [1.165, 1.54) is 6.07 Å². The third kappa shape index (κ3) is 5.38. The third-order valence-corrected chi connectivity index (χ3v) is 11.6. The largest absolute Gasteiger partial charge is 0.484 e. The van der Waals surface area contributed by atoms with Gasteiger partial charge in [0.15, 0.2) is 11.6 Å². The molecule has 10 nitrogen and oxygen atoms in total. The fourth-order valence-electron chi connectivity index (χ4n) is 8.31. The number of likely N-dealkylation sites (tertiary alicyclic amines) is 1. The van der Waals surface area contributed by atoms with Crippen LogP contribution in [0.15, 0.2) is 6.07 Å². The molecule has 3 aliphatic heterocycles. The van der Waals surface area contributed by atoms with Crippen LogP contribution in [0.3, 0.4) is 0 Å². The summed E-state index contributed by atoms with van der Waals surface area (Å²) in [4.78, 5) is 43.5. The van der Waals surface area contributed by atoms with Crippen LogP contribution >= 0.6 is 11.6 Å². The van der Waals surface area contributed by atoms with Crippen molar-refractivity contribution in [1.82, 2.24) is 24.8 Å². The van der Waals surface area contributed by atoms with Gasteiger partial charge in [0.05, 0.1) is 23.1 Å². The highest BCUT2D eigenvalue weighted by atomic mass is 35.5. The lowest BCUT2D eigenvalue weighted by Crippen LogP contribution is -2.51. The van der Waals surface area contributed by atoms with Gasteiger partial charge >= 0.3 is 5.97 Å². The molecule has 1 aromatic heterocycles. The van der Waals surface area contributed by atoms with E-state index in [0.717, 1.165) is 62.7 Å². The molecule has 2 saturated carbocycles. The number of hydrogen-bond acceptors (Lipinski definition) is 6. The van der Waals surface area contributed by atoms with E-state index >= 15 is 4.39 Å². The molecule has 2 amide bonds. The summed E-state index contributed by atoms with van der Waals surface area (Å²) in [5.41, 5.74) is 1.79. The molecule has 3 fully saturated rings. The molecular formula is C33H41ClFN5O5. The van der Waals surface area contributed by atoms with Crippen molar-refractivity contribution in [2.24, 2.45) is 16.7 Å². The Morgan fingerprint density at radius 2 is 1.98 bits per heavy atom. The van der Waals surface area contributed by atoms with Gasteiger partial charge in [-0.2, -0.15) is 0 Å². The minimum Gasteiger partial charge on any atom is -0.484 e. The number of benzene rings is 1. The van der Waals surface area contributed by atoms with E-state index in [2.05, 4.69) is 10.3 Å². The topological polar surface area (TPSA) is 118 Å². The molecular weight excluding hydrogens is 601 g/mol. The monoisotopic (exact) mass is 641 g/mol. The molecule has 5 aliphatic rings. The van der Waals surface area contributed by atoms with E-state index in [0.29, 0.717) is 63.0 Å². The summed E-state index contributed by atoms with van der Waals surface area (Å²) in [5.74, 6) is -2.39. The molecule has 2 aromatic rings. The molecule has 7 rings (SSSR count). The van der Waals surface area contributed by atoms with Crippen molar-refractivity contribution in [3.05, 3.63) is 39.4 Å². The molecule has 1 saturated heterocycles. The number of aliphatic carboxylic acids is 1. The number of nitrogens with zero attached hydrogens (tertiary/aromatic N) is 5. The Morgan fingerprint density at radius 1 is 1.16 bits per heavy atom. The average Bonchev–Trinajstić information content (AvgIpc) is 3.52. The quantitative estimate of drug-likeness (QED) is 0.426. The number of halogens is 2. The number of fused-ring (bicyclic) bond motifs is 2. The van der Waals surface area contributed by atoms with Gasteiger partial charge in [0.1, 0.15) is 12.3 Å². The van der Waals surface area contributed by atoms with E-state index < -0.39 is 29.2 Å². The first kappa shape index (κ1) is 30.4. The van der Waals surface area contributed by atoms with Gasteiger partial charge in [0.2, 0.25) is 11.8 Å². The maximum absolute atomic E-state index is 15.9. The Labute approximate surface area is 267 Å². The van der Waals surface area contributed by atoms with Gasteiger partial charge in [-0.1, -0.05) is 29.7 Å². The van der Waals surface area contributed by atoms with E-state index in [4.69, 9.17) is 16.3 Å². The first-order valence-electron chi connectivity index (χ1n) is 16.5. The fraction of sp³-hybridized carbons (Fsp3) is 0.667. The molecule has 242 valence electrons. The number of rotatable bonds is 8. The van der Waals surface area contributed by atoms with Crippen LogP contribution in [0.2, 0.25) is 5.02 Å². The number of hydrogen-bond donors (Lipinski definition) is 1. The van der Waals surface area contributed by atoms with Crippen molar-refractivity contribution >= 4 is 29.4 Å². The summed E-state index contributed by atoms with van der Waals surface area (Å²) in [6, 6.07) is 0.635. The number of carboxylic acids is 1. The predicted octanol–water partition coefficient (Wildman–Crippen LogP) is 5.10. The van der Waals surface area contributed by atoms with E-state index in [1.54, 1.807) is 11.8 Å². The lowest BCUT2D eigenvalue weighted by Gasteiger charge is -2.44. The van der Waals surface area contributed by atoms with Crippen molar-refractivity contribution in [3.8, 4) is 5.75 Å². The van der Waals surface area contributed by atoms with Gasteiger partial charge in [-0.15, -0.1) is 5.10 Å². The number of carbonyl (C=O) groups excluding carboxylic acids is 2. The Kier molecular flexibility index (Phi) is 7.81. The molecule has 2 aliphatic carbocycles. The predicted molar refractivity (Wildman–Crippen MR) is 162 cm³/mol. The van der Waals surface area contributed by atoms with Crippen molar-refractivity contribution in [3.63, 3.8) is 0 Å². The standard InChI is InChI=1S/C33H41ClFN5O5/c1-32(31(43)44)10-4-2-6-21(32)30(42)39-15-8-20-22(34)16-23(35)29(45-18-24-25-7-3-5-13-40(25)37-36-24)28(20)26(39)9-14-38-19-33(11-12-33)17-27(38)41/h16,21,26H,2-15,17-19H2,1H3,(H,43,44)/t21-,26+,32-/m0/s1. The van der Waals surface area contributed by atoms with Crippen LogP contribution in [0.4, 0.5) is 4.39 Å². The van der Waals surface area contributed by atoms with Crippen molar-refractivity contribution in [2.75, 3.05) is 19.6 Å². The van der Waals surface area contributed by atoms with Crippen LogP contribution < -0.4 is 4.74 Å². The molecule has 1 N–H and O–H groups in total. The van der Waals surface area contributed by atoms with E-state index in [9.17, 15) is 19.5 Å². The fourth-order valence-corrected chi connectivity index (χ4v) is 8.60. The van der Waals surface area contributed by atoms with Crippen molar-refractivity contribution < 1.29 is 28.6 Å². The van der Waals surface area contributed by atoms with Gasteiger partial charge in [0.25, 0.3) is 0 Å². The number of aryl methyl sites for hydroxylation is 1. The SMILES string of the molecule is C[C@]1(C(=O)O)CCCC[C@H]1C(=O)N1CCc2c(Cl)cc(F)c(OCc3nnn4c3CCCC4)c2[C@H]1CCN1CC2(CC2)CC1=O. The van der Waals surface area contributed by atoms with Crippen LogP contribution in [-0.4, -0.2) is 67.3 Å². The van der Waals surface area contributed by atoms with Crippen LogP contribution in [0, 0.1) is 22.6 Å². The highest BCUT2D eigenvalue weighted by Gasteiger charge is 2.52. The number of ether oxygens (including phenoxy) is 1. The zero-order valence-electron chi connectivity index (χ0n) is 25.8. The molecule has 1 aromatic carbocycles. The summed E-state index contributed by atoms with van der Waals surface area (Å²) in [6.07, 6.45) is 8.72. The third-order valence-electron chi connectivity index (χ3n) is 11.3.